The van der Waals surface area contributed by atoms with E-state index in [4.69, 9.17) is 11.5 Å². The van der Waals surface area contributed by atoms with Crippen LogP contribution in [0.2, 0.25) is 0 Å². The number of guanidine groups is 1. The molecule has 7 nitrogen and oxygen atoms in total. The summed E-state index contributed by atoms with van der Waals surface area (Å²) in [7, 11) is 0. The Labute approximate surface area is 88.9 Å². The highest BCUT2D eigenvalue weighted by molar-refractivity contribution is 6.23. The van der Waals surface area contributed by atoms with Gasteiger partial charge in [-0.15, -0.1) is 0 Å². The average molecular weight is 216 g/mol. The maximum Gasteiger partial charge on any atom is 0.259 e. The van der Waals surface area contributed by atoms with Crippen molar-refractivity contribution in [3.8, 4) is 0 Å². The second-order valence-corrected chi connectivity index (χ2v) is 3.53. The lowest BCUT2D eigenvalue weighted by Crippen LogP contribution is -2.47. The van der Waals surface area contributed by atoms with Crippen molar-refractivity contribution in [3.63, 3.8) is 0 Å². The Balaban J connectivity index is 2.39. The zero-order valence-corrected chi connectivity index (χ0v) is 8.14. The molecular weight excluding hydrogens is 208 g/mol. The summed E-state index contributed by atoms with van der Waals surface area (Å²) in [6.07, 6.45) is 3.36. The number of nitrogens with two attached hydrogens (primary N) is 2. The summed E-state index contributed by atoms with van der Waals surface area (Å²) in [5.74, 6) is 0.295. The summed E-state index contributed by atoms with van der Waals surface area (Å²) in [5.41, 5.74) is 11.3. The van der Waals surface area contributed by atoms with E-state index < -0.39 is 0 Å². The zero-order chi connectivity index (χ0) is 11.3. The van der Waals surface area contributed by atoms with Gasteiger partial charge in [0.25, 0.3) is 5.56 Å². The van der Waals surface area contributed by atoms with Gasteiger partial charge < -0.3 is 11.5 Å². The van der Waals surface area contributed by atoms with Crippen molar-refractivity contribution in [3.05, 3.63) is 20.9 Å². The van der Waals surface area contributed by atoms with E-state index in [2.05, 4.69) is 20.0 Å². The first-order chi connectivity index (χ1) is 7.63. The number of rotatable bonds is 0. The van der Waals surface area contributed by atoms with Crippen molar-refractivity contribution < 1.29 is 0 Å². The standard InChI is InChI=1S/C9H8N6O/c10-8-13-5-1-3-4(2-6(5)14-8)12-9(11)15-7(3)16/h1-2,5H,(H2,10,13)(H3,11,12,15,16). The molecule has 7 heteroatoms. The topological polar surface area (TPSA) is 123 Å². The molecule has 0 fully saturated rings. The molecule has 2 heterocycles. The Morgan fingerprint density at radius 1 is 1.38 bits per heavy atom. The fourth-order valence-electron chi connectivity index (χ4n) is 1.76. The number of aromatic amines is 1. The minimum absolute atomic E-state index is 0.0827. The second-order valence-electron chi connectivity index (χ2n) is 3.53. The summed E-state index contributed by atoms with van der Waals surface area (Å²) in [4.78, 5) is 26.2. The fraction of sp³-hybridized carbons (Fsp3) is 0.111. The van der Waals surface area contributed by atoms with Gasteiger partial charge in [-0.3, -0.25) is 9.78 Å². The van der Waals surface area contributed by atoms with Crippen LogP contribution in [-0.2, 0) is 0 Å². The van der Waals surface area contributed by atoms with E-state index in [1.165, 1.54) is 0 Å². The molecule has 0 amide bonds. The van der Waals surface area contributed by atoms with Crippen LogP contribution in [0.15, 0.2) is 14.8 Å². The Bertz CT molecular complexity index is 710. The molecule has 0 radical (unpaired) electrons. The molecule has 1 aliphatic carbocycles. The number of H-pyrrole nitrogens is 1. The van der Waals surface area contributed by atoms with Crippen LogP contribution in [0.5, 0.6) is 0 Å². The molecule has 16 heavy (non-hydrogen) atoms. The predicted octanol–water partition coefficient (Wildman–Crippen LogP) is -2.94. The molecular formula is C9H8N6O. The summed E-state index contributed by atoms with van der Waals surface area (Å²) in [6, 6.07) is -0.279. The van der Waals surface area contributed by atoms with Crippen molar-refractivity contribution in [1.82, 2.24) is 9.97 Å². The summed E-state index contributed by atoms with van der Waals surface area (Å²) in [6.45, 7) is 0. The highest BCUT2D eigenvalue weighted by Gasteiger charge is 2.21. The second kappa shape index (κ2) is 2.78. The van der Waals surface area contributed by atoms with E-state index in [1.807, 2.05) is 0 Å². The number of fused-ring (bicyclic) bond motifs is 2. The van der Waals surface area contributed by atoms with Gasteiger partial charge in [0.05, 0.1) is 16.3 Å². The van der Waals surface area contributed by atoms with Gasteiger partial charge in [0.15, 0.2) is 0 Å². The number of nitrogens with one attached hydrogen (secondary N) is 1. The molecule has 2 aliphatic rings. The lowest BCUT2D eigenvalue weighted by molar-refractivity contribution is 1.05. The van der Waals surface area contributed by atoms with Gasteiger partial charge in [-0.05, 0) is 12.2 Å². The summed E-state index contributed by atoms with van der Waals surface area (Å²) in [5, 5.41) is 0.956. The number of aliphatic imine (C=N–C) groups is 2. The third kappa shape index (κ3) is 1.14. The Morgan fingerprint density at radius 3 is 3.00 bits per heavy atom. The molecule has 0 bridgehead atoms. The van der Waals surface area contributed by atoms with Gasteiger partial charge in [-0.1, -0.05) is 0 Å². The first kappa shape index (κ1) is 8.84. The molecule has 5 N–H and O–H groups in total. The molecule has 0 aromatic carbocycles. The third-order valence-electron chi connectivity index (χ3n) is 2.43. The average Bonchev–Trinajstić information content (AvgIpc) is 2.54. The van der Waals surface area contributed by atoms with Crippen LogP contribution in [0.4, 0.5) is 5.95 Å². The van der Waals surface area contributed by atoms with E-state index in [0.29, 0.717) is 16.3 Å². The Morgan fingerprint density at radius 2 is 2.19 bits per heavy atom. The van der Waals surface area contributed by atoms with Crippen LogP contribution in [0.3, 0.4) is 0 Å². The molecule has 1 atom stereocenters. The van der Waals surface area contributed by atoms with E-state index in [0.717, 1.165) is 0 Å². The number of hydrogen-bond acceptors (Lipinski definition) is 6. The van der Waals surface area contributed by atoms with Gasteiger partial charge in [0.1, 0.15) is 6.04 Å². The van der Waals surface area contributed by atoms with Gasteiger partial charge >= 0.3 is 0 Å². The predicted molar refractivity (Wildman–Crippen MR) is 60.3 cm³/mol. The largest absolute Gasteiger partial charge is 0.369 e. The fourth-order valence-corrected chi connectivity index (χ4v) is 1.76. The molecule has 1 aromatic heterocycles. The third-order valence-corrected chi connectivity index (χ3v) is 2.43. The van der Waals surface area contributed by atoms with Crippen LogP contribution in [0, 0.1) is 0 Å². The molecule has 1 aliphatic heterocycles. The monoisotopic (exact) mass is 216 g/mol. The Kier molecular flexibility index (Phi) is 1.54. The highest BCUT2D eigenvalue weighted by atomic mass is 16.1. The normalized spacial score (nSPS) is 21.1. The maximum absolute atomic E-state index is 11.6. The van der Waals surface area contributed by atoms with Gasteiger partial charge in [0.2, 0.25) is 11.9 Å². The molecule has 0 spiro atoms. The lowest BCUT2D eigenvalue weighted by Gasteiger charge is -2.05. The summed E-state index contributed by atoms with van der Waals surface area (Å²) >= 11 is 0. The number of nitrogens with zero attached hydrogens (tertiary/aromatic N) is 3. The summed E-state index contributed by atoms with van der Waals surface area (Å²) < 4.78 is 0. The van der Waals surface area contributed by atoms with Crippen molar-refractivity contribution >= 4 is 29.8 Å². The maximum atomic E-state index is 11.6. The lowest BCUT2D eigenvalue weighted by atomic mass is 10.1. The van der Waals surface area contributed by atoms with Gasteiger partial charge in [-0.25, -0.2) is 15.0 Å². The zero-order valence-electron chi connectivity index (χ0n) is 8.14. The minimum Gasteiger partial charge on any atom is -0.369 e. The van der Waals surface area contributed by atoms with Crippen LogP contribution in [0.25, 0.3) is 12.2 Å². The molecule has 0 saturated carbocycles. The highest BCUT2D eigenvalue weighted by Crippen LogP contribution is 2.07. The molecule has 1 unspecified atom stereocenters. The van der Waals surface area contributed by atoms with E-state index in [-0.39, 0.29) is 23.5 Å². The van der Waals surface area contributed by atoms with Crippen molar-refractivity contribution in [2.75, 3.05) is 5.73 Å². The first-order valence-electron chi connectivity index (χ1n) is 4.65. The Hall–Kier alpha value is -2.44. The number of nitrogen functional groups attached to an aromatic ring is 1. The smallest absolute Gasteiger partial charge is 0.259 e. The number of aromatic nitrogens is 2. The van der Waals surface area contributed by atoms with Gasteiger partial charge in [0, 0.05) is 0 Å². The van der Waals surface area contributed by atoms with Crippen LogP contribution < -0.4 is 27.6 Å². The quantitative estimate of drug-likeness (QED) is 0.429. The van der Waals surface area contributed by atoms with Gasteiger partial charge in [-0.2, -0.15) is 0 Å². The minimum atomic E-state index is -0.279. The SMILES string of the molecule is NC1=NC2C=c3c(nc(N)[nH]c3=O)=CC2=N1. The first-order valence-corrected chi connectivity index (χ1v) is 4.65. The van der Waals surface area contributed by atoms with Crippen molar-refractivity contribution in [2.24, 2.45) is 15.7 Å². The molecule has 80 valence electrons. The number of anilines is 1. The van der Waals surface area contributed by atoms with Crippen molar-refractivity contribution in [2.45, 2.75) is 6.04 Å². The van der Waals surface area contributed by atoms with Crippen LogP contribution in [0.1, 0.15) is 0 Å². The molecule has 3 rings (SSSR count). The van der Waals surface area contributed by atoms with Crippen molar-refractivity contribution in [1.29, 1.82) is 0 Å². The molecule has 0 saturated heterocycles. The van der Waals surface area contributed by atoms with Crippen LogP contribution in [-0.4, -0.2) is 27.7 Å². The van der Waals surface area contributed by atoms with Crippen LogP contribution >= 0.6 is 0 Å². The van der Waals surface area contributed by atoms with E-state index >= 15 is 0 Å². The number of hydrogen-bond donors (Lipinski definition) is 3. The molecule has 1 aromatic rings. The van der Waals surface area contributed by atoms with E-state index in [1.54, 1.807) is 12.2 Å². The van der Waals surface area contributed by atoms with E-state index in [9.17, 15) is 4.79 Å².